The minimum atomic E-state index is 0.447. The van der Waals surface area contributed by atoms with E-state index in [-0.39, 0.29) is 0 Å². The van der Waals surface area contributed by atoms with Gasteiger partial charge < -0.3 is 5.32 Å². The van der Waals surface area contributed by atoms with Crippen LogP contribution in [-0.2, 0) is 6.42 Å². The molecule has 0 aliphatic heterocycles. The van der Waals surface area contributed by atoms with Crippen molar-refractivity contribution in [3.63, 3.8) is 0 Å². The van der Waals surface area contributed by atoms with Crippen molar-refractivity contribution in [2.24, 2.45) is 0 Å². The van der Waals surface area contributed by atoms with Crippen LogP contribution in [0.15, 0.2) is 29.8 Å². The molecule has 0 radical (unpaired) electrons. The van der Waals surface area contributed by atoms with Gasteiger partial charge in [-0.1, -0.05) is 0 Å². The van der Waals surface area contributed by atoms with Crippen LogP contribution in [0.3, 0.4) is 0 Å². The third kappa shape index (κ3) is 3.05. The molecule has 2 heterocycles. The minimum absolute atomic E-state index is 0.447. The summed E-state index contributed by atoms with van der Waals surface area (Å²) in [5.74, 6) is 0. The number of aromatic nitrogens is 1. The molecule has 2 rings (SSSR count). The lowest BCUT2D eigenvalue weighted by molar-refractivity contribution is 1.03. The van der Waals surface area contributed by atoms with E-state index in [0.29, 0.717) is 5.69 Å². The average Bonchev–Trinajstić information content (AvgIpc) is 2.76. The normalized spacial score (nSPS) is 9.88. The van der Waals surface area contributed by atoms with E-state index in [1.54, 1.807) is 23.6 Å². The van der Waals surface area contributed by atoms with E-state index in [1.807, 2.05) is 12.1 Å². The van der Waals surface area contributed by atoms with Crippen molar-refractivity contribution in [2.75, 3.05) is 11.9 Å². The second kappa shape index (κ2) is 5.46. The molecule has 3 nitrogen and oxygen atoms in total. The van der Waals surface area contributed by atoms with Crippen molar-refractivity contribution in [3.05, 3.63) is 45.9 Å². The molecule has 4 heteroatoms. The lowest BCUT2D eigenvalue weighted by Gasteiger charge is -2.05. The maximum absolute atomic E-state index is 8.74. The molecule has 1 N–H and O–H groups in total. The van der Waals surface area contributed by atoms with Crippen molar-refractivity contribution in [1.82, 2.24) is 4.98 Å². The summed E-state index contributed by atoms with van der Waals surface area (Å²) in [6, 6.07) is 7.81. The number of rotatable bonds is 4. The van der Waals surface area contributed by atoms with Gasteiger partial charge in [0.1, 0.15) is 11.8 Å². The average molecular weight is 243 g/mol. The van der Waals surface area contributed by atoms with E-state index < -0.39 is 0 Å². The second-order valence-electron chi connectivity index (χ2n) is 3.75. The Kier molecular flexibility index (Phi) is 3.73. The molecule has 0 aliphatic rings. The summed E-state index contributed by atoms with van der Waals surface area (Å²) >= 11 is 1.79. The first kappa shape index (κ1) is 11.6. The summed E-state index contributed by atoms with van der Waals surface area (Å²) in [5.41, 5.74) is 2.75. The number of nitrogens with one attached hydrogen (secondary N) is 1. The zero-order valence-corrected chi connectivity index (χ0v) is 10.4. The van der Waals surface area contributed by atoms with Gasteiger partial charge in [-0.3, -0.25) is 0 Å². The number of anilines is 1. The van der Waals surface area contributed by atoms with E-state index in [9.17, 15) is 0 Å². The first-order valence-electron chi connectivity index (χ1n) is 5.42. The molecule has 0 bridgehead atoms. The first-order valence-corrected chi connectivity index (χ1v) is 6.30. The van der Waals surface area contributed by atoms with E-state index in [1.165, 1.54) is 10.4 Å². The maximum Gasteiger partial charge on any atom is 0.142 e. The fourth-order valence-electron chi connectivity index (χ4n) is 1.58. The molecule has 2 aromatic heterocycles. The Morgan fingerprint density at radius 2 is 2.35 bits per heavy atom. The Morgan fingerprint density at radius 1 is 1.47 bits per heavy atom. The first-order chi connectivity index (χ1) is 8.29. The molecule has 0 amide bonds. The SMILES string of the molecule is Cc1ccsc1CCNc1ccnc(C#N)c1. The van der Waals surface area contributed by atoms with Crippen molar-refractivity contribution in [2.45, 2.75) is 13.3 Å². The van der Waals surface area contributed by atoms with Crippen LogP contribution in [0.4, 0.5) is 5.69 Å². The van der Waals surface area contributed by atoms with Gasteiger partial charge in [-0.05, 0) is 42.5 Å². The van der Waals surface area contributed by atoms with Crippen LogP contribution < -0.4 is 5.32 Å². The third-order valence-corrected chi connectivity index (χ3v) is 3.61. The number of aryl methyl sites for hydroxylation is 1. The number of hydrogen-bond donors (Lipinski definition) is 1. The van der Waals surface area contributed by atoms with E-state index in [0.717, 1.165) is 18.7 Å². The van der Waals surface area contributed by atoms with Gasteiger partial charge in [-0.25, -0.2) is 4.98 Å². The summed E-state index contributed by atoms with van der Waals surface area (Å²) < 4.78 is 0. The molecule has 86 valence electrons. The van der Waals surface area contributed by atoms with Gasteiger partial charge >= 0.3 is 0 Å². The Balaban J connectivity index is 1.90. The van der Waals surface area contributed by atoms with Crippen LogP contribution in [-0.4, -0.2) is 11.5 Å². The maximum atomic E-state index is 8.74. The molecular formula is C13H13N3S. The van der Waals surface area contributed by atoms with Gasteiger partial charge in [0.15, 0.2) is 0 Å². The third-order valence-electron chi connectivity index (χ3n) is 2.52. The van der Waals surface area contributed by atoms with Gasteiger partial charge in [-0.15, -0.1) is 11.3 Å². The van der Waals surface area contributed by atoms with Gasteiger partial charge in [-0.2, -0.15) is 5.26 Å². The van der Waals surface area contributed by atoms with Crippen molar-refractivity contribution in [3.8, 4) is 6.07 Å². The lowest BCUT2D eigenvalue weighted by Crippen LogP contribution is -2.04. The zero-order valence-electron chi connectivity index (χ0n) is 9.60. The highest BCUT2D eigenvalue weighted by molar-refractivity contribution is 7.10. The van der Waals surface area contributed by atoms with Gasteiger partial charge in [0.2, 0.25) is 0 Å². The Hall–Kier alpha value is -1.86. The zero-order chi connectivity index (χ0) is 12.1. The van der Waals surface area contributed by atoms with Crippen LogP contribution in [0.1, 0.15) is 16.1 Å². The molecule has 0 fully saturated rings. The molecule has 0 saturated carbocycles. The van der Waals surface area contributed by atoms with Crippen molar-refractivity contribution < 1.29 is 0 Å². The number of pyridine rings is 1. The standard InChI is InChI=1S/C13H13N3S/c1-10-4-7-17-13(10)3-6-15-11-2-5-16-12(8-11)9-14/h2,4-5,7-8H,3,6H2,1H3,(H,15,16). The monoisotopic (exact) mass is 243 g/mol. The molecule has 0 unspecified atom stereocenters. The highest BCUT2D eigenvalue weighted by atomic mass is 32.1. The fourth-order valence-corrected chi connectivity index (χ4v) is 2.49. The van der Waals surface area contributed by atoms with Crippen molar-refractivity contribution >= 4 is 17.0 Å². The van der Waals surface area contributed by atoms with Gasteiger partial charge in [0.05, 0.1) is 0 Å². The van der Waals surface area contributed by atoms with Crippen LogP contribution in [0.5, 0.6) is 0 Å². The Morgan fingerprint density at radius 3 is 3.06 bits per heavy atom. The molecule has 0 aliphatic carbocycles. The van der Waals surface area contributed by atoms with Crippen LogP contribution >= 0.6 is 11.3 Å². The molecular weight excluding hydrogens is 230 g/mol. The van der Waals surface area contributed by atoms with E-state index >= 15 is 0 Å². The minimum Gasteiger partial charge on any atom is -0.385 e. The summed E-state index contributed by atoms with van der Waals surface area (Å²) in [6.07, 6.45) is 2.66. The predicted octanol–water partition coefficient (Wildman–Crippen LogP) is 2.98. The summed E-state index contributed by atoms with van der Waals surface area (Å²) in [7, 11) is 0. The van der Waals surface area contributed by atoms with E-state index in [4.69, 9.17) is 5.26 Å². The van der Waals surface area contributed by atoms with Crippen LogP contribution in [0.25, 0.3) is 0 Å². The van der Waals surface area contributed by atoms with E-state index in [2.05, 4.69) is 28.7 Å². The predicted molar refractivity (Wildman–Crippen MR) is 70.2 cm³/mol. The quantitative estimate of drug-likeness (QED) is 0.898. The molecule has 17 heavy (non-hydrogen) atoms. The number of thiophene rings is 1. The number of nitriles is 1. The molecule has 0 aromatic carbocycles. The van der Waals surface area contributed by atoms with Crippen molar-refractivity contribution in [1.29, 1.82) is 5.26 Å². The van der Waals surface area contributed by atoms with Crippen LogP contribution in [0, 0.1) is 18.3 Å². The fraction of sp³-hybridized carbons (Fsp3) is 0.231. The second-order valence-corrected chi connectivity index (χ2v) is 4.75. The Bertz CT molecular complexity index is 540. The molecule has 2 aromatic rings. The molecule has 0 saturated heterocycles. The largest absolute Gasteiger partial charge is 0.385 e. The van der Waals surface area contributed by atoms with Gasteiger partial charge in [0, 0.05) is 23.3 Å². The number of nitrogens with zero attached hydrogens (tertiary/aromatic N) is 2. The Labute approximate surface area is 105 Å². The molecule has 0 atom stereocenters. The summed E-state index contributed by atoms with van der Waals surface area (Å²) in [4.78, 5) is 5.34. The summed E-state index contributed by atoms with van der Waals surface area (Å²) in [5, 5.41) is 14.2. The smallest absolute Gasteiger partial charge is 0.142 e. The highest BCUT2D eigenvalue weighted by Gasteiger charge is 2.00. The van der Waals surface area contributed by atoms with Gasteiger partial charge in [0.25, 0.3) is 0 Å². The highest BCUT2D eigenvalue weighted by Crippen LogP contribution is 2.16. The summed E-state index contributed by atoms with van der Waals surface area (Å²) in [6.45, 7) is 3.00. The van der Waals surface area contributed by atoms with Crippen LogP contribution in [0.2, 0.25) is 0 Å². The number of hydrogen-bond acceptors (Lipinski definition) is 4. The topological polar surface area (TPSA) is 48.7 Å². The lowest BCUT2D eigenvalue weighted by atomic mass is 10.2. The molecule has 0 spiro atoms.